The molecule has 142 valence electrons. The van der Waals surface area contributed by atoms with Gasteiger partial charge >= 0.3 is 0 Å². The molecule has 0 saturated carbocycles. The van der Waals surface area contributed by atoms with Gasteiger partial charge < -0.3 is 10.6 Å². The molecule has 2 atom stereocenters. The first-order valence-electron chi connectivity index (χ1n) is 9.33. The van der Waals surface area contributed by atoms with Gasteiger partial charge in [0.2, 0.25) is 5.91 Å². The summed E-state index contributed by atoms with van der Waals surface area (Å²) in [5.41, 5.74) is 1.27. The van der Waals surface area contributed by atoms with Gasteiger partial charge in [0.1, 0.15) is 0 Å². The van der Waals surface area contributed by atoms with E-state index in [9.17, 15) is 4.79 Å². The minimum absolute atomic E-state index is 0. The Hall–Kier alpha value is -1.10. The zero-order valence-corrected chi connectivity index (χ0v) is 16.6. The number of nitrogens with zero attached hydrogens (tertiary/aromatic N) is 1. The summed E-state index contributed by atoms with van der Waals surface area (Å²) in [6.45, 7) is 8.07. The van der Waals surface area contributed by atoms with Crippen LogP contribution in [0.2, 0.25) is 0 Å². The number of hydrogen-bond acceptors (Lipinski definition) is 3. The van der Waals surface area contributed by atoms with Crippen molar-refractivity contribution in [1.29, 1.82) is 0 Å². The van der Waals surface area contributed by atoms with Crippen LogP contribution in [0.3, 0.4) is 0 Å². The van der Waals surface area contributed by atoms with Crippen molar-refractivity contribution in [3.05, 3.63) is 35.9 Å². The maximum atomic E-state index is 12.5. The van der Waals surface area contributed by atoms with Gasteiger partial charge in [0.05, 0.1) is 6.04 Å². The topological polar surface area (TPSA) is 44.4 Å². The molecule has 2 rings (SSSR count). The number of likely N-dealkylation sites (tertiary alicyclic amines) is 1. The molecule has 1 aromatic rings. The van der Waals surface area contributed by atoms with E-state index >= 15 is 0 Å². The van der Waals surface area contributed by atoms with Crippen molar-refractivity contribution in [2.75, 3.05) is 33.2 Å². The van der Waals surface area contributed by atoms with E-state index in [1.807, 2.05) is 20.0 Å². The van der Waals surface area contributed by atoms with Crippen LogP contribution < -0.4 is 10.6 Å². The third kappa shape index (κ3) is 6.96. The summed E-state index contributed by atoms with van der Waals surface area (Å²) < 4.78 is 0. The molecule has 5 heteroatoms. The van der Waals surface area contributed by atoms with Crippen molar-refractivity contribution in [3.8, 4) is 0 Å². The Morgan fingerprint density at radius 3 is 2.44 bits per heavy atom. The molecule has 1 aliphatic rings. The van der Waals surface area contributed by atoms with E-state index in [1.54, 1.807) is 0 Å². The molecule has 4 nitrogen and oxygen atoms in total. The Kier molecular flexibility index (Phi) is 10.1. The highest BCUT2D eigenvalue weighted by molar-refractivity contribution is 5.85. The van der Waals surface area contributed by atoms with Crippen molar-refractivity contribution < 1.29 is 4.79 Å². The Morgan fingerprint density at radius 2 is 1.84 bits per heavy atom. The summed E-state index contributed by atoms with van der Waals surface area (Å²) in [5, 5.41) is 6.36. The van der Waals surface area contributed by atoms with Crippen molar-refractivity contribution in [3.63, 3.8) is 0 Å². The molecular weight excluding hydrogens is 334 g/mol. The van der Waals surface area contributed by atoms with Crippen LogP contribution in [0.25, 0.3) is 0 Å². The molecule has 1 amide bonds. The summed E-state index contributed by atoms with van der Waals surface area (Å²) in [6.07, 6.45) is 3.67. The van der Waals surface area contributed by atoms with Gasteiger partial charge in [-0.05, 0) is 70.3 Å². The van der Waals surface area contributed by atoms with Crippen LogP contribution in [-0.2, 0) is 4.79 Å². The minimum Gasteiger partial charge on any atom is -0.354 e. The summed E-state index contributed by atoms with van der Waals surface area (Å²) in [4.78, 5) is 14.8. The van der Waals surface area contributed by atoms with E-state index in [0.717, 1.165) is 25.6 Å². The molecular formula is C20H34ClN3O. The van der Waals surface area contributed by atoms with Crippen LogP contribution in [0.4, 0.5) is 0 Å². The Morgan fingerprint density at radius 1 is 1.20 bits per heavy atom. The fourth-order valence-corrected chi connectivity index (χ4v) is 3.44. The number of nitrogens with one attached hydrogen (secondary N) is 2. The standard InChI is InChI=1S/C20H33N3O.ClH/c1-16(19-7-5-4-6-8-19)15-22-20(24)17(2)23-13-10-18(11-14-23)9-12-21-3;/h4-8,16-18,21H,9-15H2,1-3H3,(H,22,24);1H. The quantitative estimate of drug-likeness (QED) is 0.742. The molecule has 0 aliphatic carbocycles. The molecule has 1 aliphatic heterocycles. The molecule has 0 radical (unpaired) electrons. The third-order valence-electron chi connectivity index (χ3n) is 5.33. The van der Waals surface area contributed by atoms with Gasteiger partial charge in [-0.25, -0.2) is 0 Å². The van der Waals surface area contributed by atoms with Gasteiger partial charge in [0.15, 0.2) is 0 Å². The lowest BCUT2D eigenvalue weighted by Crippen LogP contribution is -2.48. The summed E-state index contributed by atoms with van der Waals surface area (Å²) in [6, 6.07) is 10.3. The fourth-order valence-electron chi connectivity index (χ4n) is 3.44. The van der Waals surface area contributed by atoms with Gasteiger partial charge in [-0.1, -0.05) is 37.3 Å². The van der Waals surface area contributed by atoms with Crippen molar-refractivity contribution in [2.45, 2.75) is 45.1 Å². The number of carbonyl (C=O) groups excluding carboxylic acids is 1. The van der Waals surface area contributed by atoms with Crippen molar-refractivity contribution in [1.82, 2.24) is 15.5 Å². The number of rotatable bonds is 8. The van der Waals surface area contributed by atoms with Crippen molar-refractivity contribution >= 4 is 18.3 Å². The molecule has 1 heterocycles. The lowest BCUT2D eigenvalue weighted by molar-refractivity contribution is -0.126. The van der Waals surface area contributed by atoms with Gasteiger partial charge in [0.25, 0.3) is 0 Å². The predicted octanol–water partition coefficient (Wildman–Crippen LogP) is 3.04. The third-order valence-corrected chi connectivity index (χ3v) is 5.33. The second-order valence-electron chi connectivity index (χ2n) is 7.10. The van der Waals surface area contributed by atoms with Gasteiger partial charge in [0, 0.05) is 6.54 Å². The zero-order valence-electron chi connectivity index (χ0n) is 15.8. The molecule has 1 saturated heterocycles. The molecule has 2 unspecified atom stereocenters. The van der Waals surface area contributed by atoms with Crippen LogP contribution >= 0.6 is 12.4 Å². The highest BCUT2D eigenvalue weighted by Gasteiger charge is 2.26. The average molecular weight is 368 g/mol. The Labute approximate surface area is 159 Å². The minimum atomic E-state index is -0.0294. The van der Waals surface area contributed by atoms with E-state index in [-0.39, 0.29) is 24.4 Å². The fraction of sp³-hybridized carbons (Fsp3) is 0.650. The molecule has 0 bridgehead atoms. The van der Waals surface area contributed by atoms with Crippen LogP contribution in [-0.4, -0.2) is 50.1 Å². The molecule has 25 heavy (non-hydrogen) atoms. The highest BCUT2D eigenvalue weighted by Crippen LogP contribution is 2.21. The maximum Gasteiger partial charge on any atom is 0.237 e. The number of hydrogen-bond donors (Lipinski definition) is 2. The Balaban J connectivity index is 0.00000312. The highest BCUT2D eigenvalue weighted by atomic mass is 35.5. The largest absolute Gasteiger partial charge is 0.354 e. The molecule has 1 aromatic carbocycles. The second-order valence-corrected chi connectivity index (χ2v) is 7.10. The number of halogens is 1. The van der Waals surface area contributed by atoms with Gasteiger partial charge in [-0.2, -0.15) is 0 Å². The first kappa shape index (κ1) is 21.9. The molecule has 0 spiro atoms. The van der Waals surface area contributed by atoms with Crippen LogP contribution in [0.15, 0.2) is 30.3 Å². The van der Waals surface area contributed by atoms with E-state index in [2.05, 4.69) is 46.7 Å². The van der Waals surface area contributed by atoms with E-state index < -0.39 is 0 Å². The number of carbonyl (C=O) groups is 1. The van der Waals surface area contributed by atoms with Gasteiger partial charge in [-0.3, -0.25) is 9.69 Å². The van der Waals surface area contributed by atoms with Crippen LogP contribution in [0.5, 0.6) is 0 Å². The second kappa shape index (κ2) is 11.5. The normalized spacial score (nSPS) is 18.2. The molecule has 2 N–H and O–H groups in total. The summed E-state index contributed by atoms with van der Waals surface area (Å²) >= 11 is 0. The van der Waals surface area contributed by atoms with E-state index in [0.29, 0.717) is 12.5 Å². The van der Waals surface area contributed by atoms with Crippen LogP contribution in [0, 0.1) is 5.92 Å². The molecule has 0 aromatic heterocycles. The predicted molar refractivity (Wildman–Crippen MR) is 107 cm³/mol. The SMILES string of the molecule is CNCCC1CCN(C(C)C(=O)NCC(C)c2ccccc2)CC1.Cl. The number of piperidine rings is 1. The zero-order chi connectivity index (χ0) is 17.4. The Bertz CT molecular complexity index is 489. The van der Waals surface area contributed by atoms with E-state index in [4.69, 9.17) is 0 Å². The number of amides is 1. The first-order valence-corrected chi connectivity index (χ1v) is 9.33. The van der Waals surface area contributed by atoms with E-state index in [1.165, 1.54) is 24.8 Å². The average Bonchev–Trinajstić information content (AvgIpc) is 2.64. The number of benzene rings is 1. The monoisotopic (exact) mass is 367 g/mol. The first-order chi connectivity index (χ1) is 11.6. The summed E-state index contributed by atoms with van der Waals surface area (Å²) in [5.74, 6) is 1.31. The van der Waals surface area contributed by atoms with Crippen molar-refractivity contribution in [2.24, 2.45) is 5.92 Å². The van der Waals surface area contributed by atoms with Gasteiger partial charge in [-0.15, -0.1) is 12.4 Å². The smallest absolute Gasteiger partial charge is 0.237 e. The summed E-state index contributed by atoms with van der Waals surface area (Å²) in [7, 11) is 2.01. The maximum absolute atomic E-state index is 12.5. The lowest BCUT2D eigenvalue weighted by atomic mass is 9.92. The lowest BCUT2D eigenvalue weighted by Gasteiger charge is -2.35. The van der Waals surface area contributed by atoms with Crippen LogP contribution in [0.1, 0.15) is 44.6 Å². The molecule has 1 fully saturated rings.